The first-order valence-corrected chi connectivity index (χ1v) is 13.9. The fourth-order valence-corrected chi connectivity index (χ4v) is 5.63. The molecule has 0 aliphatic rings. The van der Waals surface area contributed by atoms with Gasteiger partial charge in [-0.15, -0.1) is 11.3 Å². The first-order chi connectivity index (χ1) is 20.9. The van der Waals surface area contributed by atoms with Crippen LogP contribution in [-0.4, -0.2) is 26.6 Å². The monoisotopic (exact) mass is 595 g/mol. The summed E-state index contributed by atoms with van der Waals surface area (Å²) in [6, 6.07) is 29.1. The van der Waals surface area contributed by atoms with Crippen molar-refractivity contribution in [1.29, 1.82) is 0 Å². The Morgan fingerprint density at radius 3 is 2.21 bits per heavy atom. The van der Waals surface area contributed by atoms with Gasteiger partial charge < -0.3 is 15.8 Å². The molecule has 3 heterocycles. The number of aromatic nitrogens is 3. The largest absolute Gasteiger partial charge is 0.471 e. The lowest BCUT2D eigenvalue weighted by molar-refractivity contribution is 0.100. The summed E-state index contributed by atoms with van der Waals surface area (Å²) in [5.74, 6) is -0.820. The fraction of sp³-hybridized carbons (Fsp3) is 0.0625. The number of alkyl halides is 2. The van der Waals surface area contributed by atoms with Crippen molar-refractivity contribution in [2.75, 3.05) is 5.32 Å². The molecule has 43 heavy (non-hydrogen) atoms. The minimum absolute atomic E-state index is 0.0128. The molecule has 8 nitrogen and oxygen atoms in total. The number of benzene rings is 3. The molecule has 214 valence electrons. The molecule has 0 fully saturated rings. The number of anilines is 1. The summed E-state index contributed by atoms with van der Waals surface area (Å²) in [5.41, 5.74) is 8.47. The summed E-state index contributed by atoms with van der Waals surface area (Å²) < 4.78 is 34.7. The fourth-order valence-electron chi connectivity index (χ4n) is 4.61. The highest BCUT2D eigenvalue weighted by Crippen LogP contribution is 2.42. The Morgan fingerprint density at radius 2 is 1.56 bits per heavy atom. The lowest BCUT2D eigenvalue weighted by Gasteiger charge is -2.10. The van der Waals surface area contributed by atoms with E-state index in [1.807, 2.05) is 54.6 Å². The minimum Gasteiger partial charge on any atom is -0.471 e. The van der Waals surface area contributed by atoms with Crippen molar-refractivity contribution in [3.63, 3.8) is 0 Å². The van der Waals surface area contributed by atoms with Crippen molar-refractivity contribution in [3.8, 4) is 28.0 Å². The Bertz CT molecular complexity index is 1920. The second-order valence-corrected chi connectivity index (χ2v) is 10.5. The molecule has 0 saturated carbocycles. The van der Waals surface area contributed by atoms with Gasteiger partial charge in [0.2, 0.25) is 0 Å². The second kappa shape index (κ2) is 11.8. The van der Waals surface area contributed by atoms with Gasteiger partial charge in [-0.3, -0.25) is 9.59 Å². The maximum atomic E-state index is 13.7. The van der Waals surface area contributed by atoms with Crippen LogP contribution in [0.5, 0.6) is 5.75 Å². The number of amides is 2. The Hall–Kier alpha value is -5.42. The highest BCUT2D eigenvalue weighted by Gasteiger charge is 2.25. The number of fused-ring (bicyclic) bond motifs is 1. The Morgan fingerprint density at radius 1 is 0.907 bits per heavy atom. The second-order valence-electron chi connectivity index (χ2n) is 9.47. The number of hydrogen-bond donors (Lipinski definition) is 2. The van der Waals surface area contributed by atoms with Crippen LogP contribution in [0.3, 0.4) is 0 Å². The molecule has 3 aromatic carbocycles. The third kappa shape index (κ3) is 5.84. The zero-order chi connectivity index (χ0) is 29.9. The van der Waals surface area contributed by atoms with E-state index in [0.29, 0.717) is 22.3 Å². The number of hydrogen-bond acceptors (Lipinski definition) is 6. The van der Waals surface area contributed by atoms with Crippen molar-refractivity contribution in [1.82, 2.24) is 14.8 Å². The number of nitrogens with zero attached hydrogens (tertiary/aromatic N) is 3. The van der Waals surface area contributed by atoms with Crippen molar-refractivity contribution in [3.05, 3.63) is 120 Å². The number of thiophene rings is 1. The number of rotatable bonds is 9. The first-order valence-electron chi connectivity index (χ1n) is 13.1. The number of carbonyl (C=O) groups excluding carboxylic acids is 2. The summed E-state index contributed by atoms with van der Waals surface area (Å²) in [7, 11) is 0. The lowest BCUT2D eigenvalue weighted by Crippen LogP contribution is -2.17. The summed E-state index contributed by atoms with van der Waals surface area (Å²) in [4.78, 5) is 29.9. The molecule has 3 aromatic heterocycles. The van der Waals surface area contributed by atoms with Crippen LogP contribution in [0.25, 0.3) is 32.5 Å². The highest BCUT2D eigenvalue weighted by atomic mass is 32.1. The predicted molar refractivity (Wildman–Crippen MR) is 161 cm³/mol. The topological polar surface area (TPSA) is 112 Å². The van der Waals surface area contributed by atoms with E-state index in [1.165, 1.54) is 16.8 Å². The van der Waals surface area contributed by atoms with E-state index >= 15 is 0 Å². The number of halogens is 2. The Balaban J connectivity index is 1.24. The van der Waals surface area contributed by atoms with Crippen LogP contribution in [0, 0.1) is 0 Å². The number of primary amides is 1. The van der Waals surface area contributed by atoms with E-state index in [0.717, 1.165) is 22.5 Å². The van der Waals surface area contributed by atoms with Crippen LogP contribution in [0.2, 0.25) is 0 Å². The van der Waals surface area contributed by atoms with E-state index in [1.54, 1.807) is 36.5 Å². The van der Waals surface area contributed by atoms with Gasteiger partial charge in [0.25, 0.3) is 18.2 Å². The maximum Gasteiger partial charge on any atom is 0.280 e. The number of pyridine rings is 1. The lowest BCUT2D eigenvalue weighted by atomic mass is 10.0. The highest BCUT2D eigenvalue weighted by molar-refractivity contribution is 7.21. The molecular weight excluding hydrogens is 572 g/mol. The standard InChI is InChI=1S/C32H23F2N5O3S/c33-29(34)25-17-23(21-9-5-2-6-10-21)26-27(28(30(35)40)43-32(26)36-25)37-31(41)24-15-16-39(38-24)18-42-22-13-11-20(12-14-22)19-7-3-1-4-8-19/h1-17,29H,18H2,(H2,35,40)(H,37,41). The smallest absolute Gasteiger partial charge is 0.280 e. The average molecular weight is 596 g/mol. The molecule has 0 aliphatic carbocycles. The molecule has 0 aliphatic heterocycles. The summed E-state index contributed by atoms with van der Waals surface area (Å²) >= 11 is 0.841. The molecule has 0 radical (unpaired) electrons. The van der Waals surface area contributed by atoms with Crippen LogP contribution >= 0.6 is 11.3 Å². The van der Waals surface area contributed by atoms with Gasteiger partial charge in [0.05, 0.1) is 5.69 Å². The minimum atomic E-state index is -2.84. The molecule has 0 unspecified atom stereocenters. The van der Waals surface area contributed by atoms with Crippen molar-refractivity contribution in [2.24, 2.45) is 5.73 Å². The van der Waals surface area contributed by atoms with Crippen LogP contribution < -0.4 is 15.8 Å². The van der Waals surface area contributed by atoms with Crippen molar-refractivity contribution >= 4 is 39.1 Å². The van der Waals surface area contributed by atoms with E-state index < -0.39 is 23.9 Å². The third-order valence-electron chi connectivity index (χ3n) is 6.65. The van der Waals surface area contributed by atoms with Gasteiger partial charge in [0, 0.05) is 11.6 Å². The Kier molecular flexibility index (Phi) is 7.63. The van der Waals surface area contributed by atoms with Crippen LogP contribution in [0.1, 0.15) is 32.3 Å². The molecule has 0 atom stereocenters. The van der Waals surface area contributed by atoms with E-state index in [-0.39, 0.29) is 27.8 Å². The van der Waals surface area contributed by atoms with Crippen molar-refractivity contribution in [2.45, 2.75) is 13.2 Å². The molecule has 0 saturated heterocycles. The van der Waals surface area contributed by atoms with E-state index in [2.05, 4.69) is 15.4 Å². The molecule has 0 bridgehead atoms. The normalized spacial score (nSPS) is 11.1. The predicted octanol–water partition coefficient (Wildman–Crippen LogP) is 7.15. The Labute approximate surface area is 248 Å². The van der Waals surface area contributed by atoms with Crippen LogP contribution in [0.15, 0.2) is 103 Å². The zero-order valence-electron chi connectivity index (χ0n) is 22.4. The van der Waals surface area contributed by atoms with Gasteiger partial charge in [-0.25, -0.2) is 18.4 Å². The number of ether oxygens (including phenoxy) is 1. The molecule has 6 rings (SSSR count). The molecule has 2 amide bonds. The van der Waals surface area contributed by atoms with Gasteiger partial charge >= 0.3 is 0 Å². The SMILES string of the molecule is NC(=O)c1sc2nc(C(F)F)cc(-c3ccccc3)c2c1NC(=O)c1ccn(COc2ccc(-c3ccccc3)cc2)n1. The van der Waals surface area contributed by atoms with Crippen LogP contribution in [0.4, 0.5) is 14.5 Å². The molecular formula is C32H23F2N5O3S. The summed E-state index contributed by atoms with van der Waals surface area (Å²) in [6.07, 6.45) is -1.25. The van der Waals surface area contributed by atoms with Gasteiger partial charge in [0.1, 0.15) is 21.2 Å². The van der Waals surface area contributed by atoms with Gasteiger partial charge in [-0.05, 0) is 46.5 Å². The average Bonchev–Trinajstić information content (AvgIpc) is 3.66. The third-order valence-corrected chi connectivity index (χ3v) is 7.75. The molecule has 11 heteroatoms. The summed E-state index contributed by atoms with van der Waals surface area (Å²) in [5, 5.41) is 7.36. The van der Waals surface area contributed by atoms with Crippen molar-refractivity contribution < 1.29 is 23.1 Å². The summed E-state index contributed by atoms with van der Waals surface area (Å²) in [6.45, 7) is 0.0460. The molecule has 6 aromatic rings. The van der Waals surface area contributed by atoms with E-state index in [4.69, 9.17) is 10.5 Å². The number of nitrogens with one attached hydrogen (secondary N) is 1. The van der Waals surface area contributed by atoms with Gasteiger partial charge in [0.15, 0.2) is 12.4 Å². The quantitative estimate of drug-likeness (QED) is 0.184. The van der Waals surface area contributed by atoms with Crippen LogP contribution in [-0.2, 0) is 6.73 Å². The number of nitrogens with two attached hydrogens (primary N) is 1. The van der Waals surface area contributed by atoms with Gasteiger partial charge in [-0.2, -0.15) is 5.10 Å². The number of carbonyl (C=O) groups is 2. The van der Waals surface area contributed by atoms with Gasteiger partial charge in [-0.1, -0.05) is 72.8 Å². The molecule has 3 N–H and O–H groups in total. The van der Waals surface area contributed by atoms with E-state index in [9.17, 15) is 18.4 Å². The molecule has 0 spiro atoms. The maximum absolute atomic E-state index is 13.7. The first kappa shape index (κ1) is 27.7. The zero-order valence-corrected chi connectivity index (χ0v) is 23.2.